The molecule has 0 saturated carbocycles. The summed E-state index contributed by atoms with van der Waals surface area (Å²) in [6, 6.07) is 8.90. The number of nitrogens with one attached hydrogen (secondary N) is 1. The summed E-state index contributed by atoms with van der Waals surface area (Å²) >= 11 is 3.48. The van der Waals surface area contributed by atoms with Crippen LogP contribution in [0.25, 0.3) is 0 Å². The van der Waals surface area contributed by atoms with Crippen LogP contribution >= 0.6 is 15.9 Å². The highest BCUT2D eigenvalue weighted by molar-refractivity contribution is 9.10. The molecule has 0 radical (unpaired) electrons. The van der Waals surface area contributed by atoms with E-state index in [1.807, 2.05) is 6.07 Å². The van der Waals surface area contributed by atoms with Gasteiger partial charge in [-0.25, -0.2) is 0 Å². The lowest BCUT2D eigenvalue weighted by atomic mass is 10.1. The van der Waals surface area contributed by atoms with E-state index in [9.17, 15) is 0 Å². The number of unbranched alkanes of at least 4 members (excludes halogenated alkanes) is 2. The lowest BCUT2D eigenvalue weighted by Gasteiger charge is -2.15. The highest BCUT2D eigenvalue weighted by atomic mass is 79.9. The summed E-state index contributed by atoms with van der Waals surface area (Å²) in [6.07, 6.45) is 5.20. The van der Waals surface area contributed by atoms with Crippen molar-refractivity contribution in [1.82, 2.24) is 0 Å². The molecular weight excluding hydrogens is 250 g/mol. The Bertz CT molecular complexity index is 286. The van der Waals surface area contributed by atoms with Gasteiger partial charge in [-0.3, -0.25) is 0 Å². The third-order valence-electron chi connectivity index (χ3n) is 2.48. The predicted molar refractivity (Wildman–Crippen MR) is 71.4 cm³/mol. The molecule has 0 amide bonds. The lowest BCUT2D eigenvalue weighted by molar-refractivity contribution is 0.615. The van der Waals surface area contributed by atoms with Gasteiger partial charge in [0.1, 0.15) is 0 Å². The quantitative estimate of drug-likeness (QED) is 0.730. The minimum Gasteiger partial charge on any atom is -0.383 e. The van der Waals surface area contributed by atoms with Crippen molar-refractivity contribution in [2.75, 3.05) is 5.32 Å². The van der Waals surface area contributed by atoms with Gasteiger partial charge in [-0.05, 0) is 31.5 Å². The number of halogens is 1. The normalized spacial score (nSPS) is 12.5. The topological polar surface area (TPSA) is 12.0 Å². The Kier molecular flexibility index (Phi) is 5.77. The van der Waals surface area contributed by atoms with Gasteiger partial charge in [0.2, 0.25) is 0 Å². The third-order valence-corrected chi connectivity index (χ3v) is 2.97. The summed E-state index contributed by atoms with van der Waals surface area (Å²) in [5.74, 6) is 0. The Balaban J connectivity index is 2.34. The first kappa shape index (κ1) is 12.6. The number of hydrogen-bond donors (Lipinski definition) is 1. The fraction of sp³-hybridized carbons (Fsp3) is 0.538. The van der Waals surface area contributed by atoms with Crippen LogP contribution in [0.5, 0.6) is 0 Å². The zero-order valence-corrected chi connectivity index (χ0v) is 11.2. The van der Waals surface area contributed by atoms with Gasteiger partial charge >= 0.3 is 0 Å². The Morgan fingerprint density at radius 3 is 2.80 bits per heavy atom. The number of anilines is 1. The summed E-state index contributed by atoms with van der Waals surface area (Å²) < 4.78 is 1.13. The van der Waals surface area contributed by atoms with Crippen LogP contribution in [0.1, 0.15) is 39.5 Å². The fourth-order valence-corrected chi connectivity index (χ4v) is 2.03. The maximum atomic E-state index is 3.51. The average Bonchev–Trinajstić information content (AvgIpc) is 2.18. The molecule has 0 aliphatic rings. The van der Waals surface area contributed by atoms with E-state index in [4.69, 9.17) is 0 Å². The highest BCUT2D eigenvalue weighted by Gasteiger charge is 2.01. The lowest BCUT2D eigenvalue weighted by Crippen LogP contribution is -2.14. The average molecular weight is 270 g/mol. The van der Waals surface area contributed by atoms with E-state index in [1.54, 1.807) is 0 Å². The van der Waals surface area contributed by atoms with E-state index >= 15 is 0 Å². The zero-order valence-electron chi connectivity index (χ0n) is 9.59. The molecule has 1 aromatic carbocycles. The molecule has 1 atom stereocenters. The van der Waals surface area contributed by atoms with Gasteiger partial charge in [0, 0.05) is 16.2 Å². The molecule has 1 rings (SSSR count). The van der Waals surface area contributed by atoms with Crippen molar-refractivity contribution in [2.45, 2.75) is 45.6 Å². The SMILES string of the molecule is CCCCCC(C)Nc1cccc(Br)c1. The van der Waals surface area contributed by atoms with E-state index < -0.39 is 0 Å². The summed E-state index contributed by atoms with van der Waals surface area (Å²) in [4.78, 5) is 0. The van der Waals surface area contributed by atoms with Gasteiger partial charge in [0.25, 0.3) is 0 Å². The van der Waals surface area contributed by atoms with Crippen molar-refractivity contribution in [3.05, 3.63) is 28.7 Å². The number of rotatable bonds is 6. The van der Waals surface area contributed by atoms with Gasteiger partial charge in [-0.15, -0.1) is 0 Å². The first-order valence-corrected chi connectivity index (χ1v) is 6.53. The Labute approximate surface area is 101 Å². The van der Waals surface area contributed by atoms with Gasteiger partial charge in [0.15, 0.2) is 0 Å². The maximum Gasteiger partial charge on any atom is 0.0353 e. The van der Waals surface area contributed by atoms with Crippen LogP contribution < -0.4 is 5.32 Å². The standard InChI is InChI=1S/C13H20BrN/c1-3-4-5-7-11(2)15-13-9-6-8-12(14)10-13/h6,8-11,15H,3-5,7H2,1-2H3. The molecule has 0 fully saturated rings. The summed E-state index contributed by atoms with van der Waals surface area (Å²) in [7, 11) is 0. The molecule has 0 aliphatic heterocycles. The molecule has 15 heavy (non-hydrogen) atoms. The second kappa shape index (κ2) is 6.89. The van der Waals surface area contributed by atoms with Crippen LogP contribution in [0.2, 0.25) is 0 Å². The molecule has 0 saturated heterocycles. The van der Waals surface area contributed by atoms with Gasteiger partial charge in [-0.1, -0.05) is 48.2 Å². The van der Waals surface area contributed by atoms with Gasteiger partial charge in [-0.2, -0.15) is 0 Å². The highest BCUT2D eigenvalue weighted by Crippen LogP contribution is 2.17. The summed E-state index contributed by atoms with van der Waals surface area (Å²) in [6.45, 7) is 4.49. The monoisotopic (exact) mass is 269 g/mol. The Morgan fingerprint density at radius 2 is 2.13 bits per heavy atom. The van der Waals surface area contributed by atoms with E-state index in [-0.39, 0.29) is 0 Å². The van der Waals surface area contributed by atoms with Crippen LogP contribution in [0.4, 0.5) is 5.69 Å². The maximum absolute atomic E-state index is 3.51. The molecule has 0 aliphatic carbocycles. The Hall–Kier alpha value is -0.500. The molecule has 2 heteroatoms. The fourth-order valence-electron chi connectivity index (χ4n) is 1.64. The molecule has 1 aromatic rings. The minimum atomic E-state index is 0.561. The van der Waals surface area contributed by atoms with Crippen LogP contribution in [-0.2, 0) is 0 Å². The van der Waals surface area contributed by atoms with Gasteiger partial charge in [0.05, 0.1) is 0 Å². The van der Waals surface area contributed by atoms with Crippen molar-refractivity contribution in [3.63, 3.8) is 0 Å². The van der Waals surface area contributed by atoms with E-state index in [0.29, 0.717) is 6.04 Å². The minimum absolute atomic E-state index is 0.561. The second-order valence-electron chi connectivity index (χ2n) is 4.05. The molecule has 0 spiro atoms. The number of hydrogen-bond acceptors (Lipinski definition) is 1. The van der Waals surface area contributed by atoms with Crippen molar-refractivity contribution < 1.29 is 0 Å². The first-order chi connectivity index (χ1) is 7.22. The van der Waals surface area contributed by atoms with Crippen molar-refractivity contribution in [2.24, 2.45) is 0 Å². The van der Waals surface area contributed by atoms with Gasteiger partial charge < -0.3 is 5.32 Å². The number of benzene rings is 1. The van der Waals surface area contributed by atoms with E-state index in [0.717, 1.165) is 4.47 Å². The molecular formula is C13H20BrN. The zero-order chi connectivity index (χ0) is 11.1. The predicted octanol–water partition coefficient (Wildman–Crippen LogP) is 4.83. The van der Waals surface area contributed by atoms with Crippen molar-refractivity contribution in [1.29, 1.82) is 0 Å². The molecule has 0 bridgehead atoms. The smallest absolute Gasteiger partial charge is 0.0353 e. The van der Waals surface area contributed by atoms with Crippen LogP contribution in [0.3, 0.4) is 0 Å². The van der Waals surface area contributed by atoms with Crippen molar-refractivity contribution >= 4 is 21.6 Å². The largest absolute Gasteiger partial charge is 0.383 e. The van der Waals surface area contributed by atoms with Crippen LogP contribution in [0, 0.1) is 0 Å². The van der Waals surface area contributed by atoms with Crippen LogP contribution in [0.15, 0.2) is 28.7 Å². The molecule has 1 unspecified atom stereocenters. The van der Waals surface area contributed by atoms with Crippen LogP contribution in [-0.4, -0.2) is 6.04 Å². The van der Waals surface area contributed by atoms with E-state index in [1.165, 1.54) is 31.4 Å². The summed E-state index contributed by atoms with van der Waals surface area (Å²) in [5.41, 5.74) is 1.20. The molecule has 1 N–H and O–H groups in total. The Morgan fingerprint density at radius 1 is 1.33 bits per heavy atom. The van der Waals surface area contributed by atoms with Crippen molar-refractivity contribution in [3.8, 4) is 0 Å². The molecule has 0 aromatic heterocycles. The first-order valence-electron chi connectivity index (χ1n) is 5.74. The van der Waals surface area contributed by atoms with E-state index in [2.05, 4.69) is 53.3 Å². The molecule has 1 nitrogen and oxygen atoms in total. The molecule has 84 valence electrons. The third kappa shape index (κ3) is 5.22. The second-order valence-corrected chi connectivity index (χ2v) is 4.97. The summed E-state index contributed by atoms with van der Waals surface area (Å²) in [5, 5.41) is 3.51. The molecule has 0 heterocycles.